The maximum Gasteiger partial charge on any atom is 0.257 e. The van der Waals surface area contributed by atoms with Crippen molar-refractivity contribution in [3.05, 3.63) is 35.6 Å². The summed E-state index contributed by atoms with van der Waals surface area (Å²) in [6, 6.07) is 6.77. The zero-order valence-electron chi connectivity index (χ0n) is 10.6. The quantitative estimate of drug-likeness (QED) is 0.858. The lowest BCUT2D eigenvalue weighted by Gasteiger charge is -2.28. The number of nitrogens with zero attached hydrogens (tertiary/aromatic N) is 1. The molecule has 3 nitrogen and oxygen atoms in total. The molecular formula is C14H18ClFN2O. The van der Waals surface area contributed by atoms with Crippen LogP contribution in [0.3, 0.4) is 0 Å². The molecule has 2 heterocycles. The number of carbonyl (C=O) groups excluding carboxylic acids is 1. The molecule has 2 fully saturated rings. The van der Waals surface area contributed by atoms with Gasteiger partial charge >= 0.3 is 0 Å². The minimum absolute atomic E-state index is 0. The average Bonchev–Trinajstić information content (AvgIpc) is 2.62. The summed E-state index contributed by atoms with van der Waals surface area (Å²) in [4.78, 5) is 14.4. The molecule has 0 aromatic heterocycles. The van der Waals surface area contributed by atoms with Gasteiger partial charge in [-0.2, -0.15) is 0 Å². The van der Waals surface area contributed by atoms with Gasteiger partial charge < -0.3 is 10.2 Å². The van der Waals surface area contributed by atoms with E-state index >= 15 is 0 Å². The zero-order valence-corrected chi connectivity index (χ0v) is 11.5. The van der Waals surface area contributed by atoms with Crippen LogP contribution in [0, 0.1) is 5.82 Å². The third kappa shape index (κ3) is 2.60. The summed E-state index contributed by atoms with van der Waals surface area (Å²) in [5, 5.41) is 3.34. The molecular weight excluding hydrogens is 267 g/mol. The first-order valence-corrected chi connectivity index (χ1v) is 6.55. The van der Waals surface area contributed by atoms with Crippen molar-refractivity contribution in [1.29, 1.82) is 0 Å². The maximum atomic E-state index is 13.7. The number of amides is 1. The van der Waals surface area contributed by atoms with Crippen LogP contribution in [0.5, 0.6) is 0 Å². The molecule has 2 atom stereocenters. The number of carbonyl (C=O) groups is 1. The molecule has 2 saturated heterocycles. The summed E-state index contributed by atoms with van der Waals surface area (Å²) in [5.74, 6) is -0.566. The number of hydrogen-bond acceptors (Lipinski definition) is 2. The predicted molar refractivity (Wildman–Crippen MR) is 74.1 cm³/mol. The van der Waals surface area contributed by atoms with Crippen LogP contribution in [0.25, 0.3) is 0 Å². The fraction of sp³-hybridized carbons (Fsp3) is 0.500. The highest BCUT2D eigenvalue weighted by Gasteiger charge is 2.38. The normalized spacial score (nSPS) is 25.6. The van der Waals surface area contributed by atoms with E-state index < -0.39 is 5.82 Å². The second-order valence-corrected chi connectivity index (χ2v) is 5.07. The van der Waals surface area contributed by atoms with E-state index in [1.165, 1.54) is 6.07 Å². The molecule has 1 N–H and O–H groups in total. The van der Waals surface area contributed by atoms with Crippen LogP contribution in [0.4, 0.5) is 4.39 Å². The van der Waals surface area contributed by atoms with Crippen LogP contribution in [-0.4, -0.2) is 36.0 Å². The van der Waals surface area contributed by atoms with Gasteiger partial charge in [-0.15, -0.1) is 12.4 Å². The Bertz CT molecular complexity index is 455. The maximum absolute atomic E-state index is 13.7. The lowest BCUT2D eigenvalue weighted by Crippen LogP contribution is -2.42. The fourth-order valence-electron chi connectivity index (χ4n) is 3.09. The molecule has 5 heteroatoms. The Morgan fingerprint density at radius 1 is 1.21 bits per heavy atom. The van der Waals surface area contributed by atoms with E-state index in [0.29, 0.717) is 0 Å². The van der Waals surface area contributed by atoms with Gasteiger partial charge in [0.2, 0.25) is 0 Å². The second kappa shape index (κ2) is 5.88. The highest BCUT2D eigenvalue weighted by atomic mass is 35.5. The van der Waals surface area contributed by atoms with Crippen LogP contribution >= 0.6 is 12.4 Å². The monoisotopic (exact) mass is 284 g/mol. The number of benzene rings is 1. The first-order chi connectivity index (χ1) is 8.77. The van der Waals surface area contributed by atoms with Gasteiger partial charge in [-0.3, -0.25) is 4.79 Å². The predicted octanol–water partition coefficient (Wildman–Crippen LogP) is 2.21. The second-order valence-electron chi connectivity index (χ2n) is 5.07. The van der Waals surface area contributed by atoms with Crippen molar-refractivity contribution in [3.8, 4) is 0 Å². The van der Waals surface area contributed by atoms with Gasteiger partial charge in [0.1, 0.15) is 5.82 Å². The molecule has 2 unspecified atom stereocenters. The first-order valence-electron chi connectivity index (χ1n) is 6.55. The van der Waals surface area contributed by atoms with Gasteiger partial charge in [-0.1, -0.05) is 12.1 Å². The van der Waals surface area contributed by atoms with Crippen molar-refractivity contribution in [2.75, 3.05) is 13.1 Å². The van der Waals surface area contributed by atoms with Crippen LogP contribution in [0.2, 0.25) is 0 Å². The molecule has 3 rings (SSSR count). The molecule has 104 valence electrons. The Kier molecular flexibility index (Phi) is 4.42. The van der Waals surface area contributed by atoms with Crippen molar-refractivity contribution in [2.45, 2.75) is 31.3 Å². The van der Waals surface area contributed by atoms with Crippen LogP contribution in [0.1, 0.15) is 29.6 Å². The lowest BCUT2D eigenvalue weighted by atomic mass is 10.1. The van der Waals surface area contributed by atoms with Gasteiger partial charge in [-0.05, 0) is 37.9 Å². The largest absolute Gasteiger partial charge is 0.331 e. The van der Waals surface area contributed by atoms with Crippen molar-refractivity contribution in [1.82, 2.24) is 10.2 Å². The number of nitrogens with one attached hydrogen (secondary N) is 1. The molecule has 0 saturated carbocycles. The van der Waals surface area contributed by atoms with E-state index in [2.05, 4.69) is 5.32 Å². The molecule has 0 aliphatic carbocycles. The number of halogens is 2. The summed E-state index contributed by atoms with van der Waals surface area (Å²) in [7, 11) is 0. The Balaban J connectivity index is 0.00000133. The third-order valence-electron chi connectivity index (χ3n) is 3.99. The Hall–Kier alpha value is -1.13. The van der Waals surface area contributed by atoms with E-state index in [1.54, 1.807) is 18.2 Å². The molecule has 2 aliphatic heterocycles. The summed E-state index contributed by atoms with van der Waals surface area (Å²) in [6.07, 6.45) is 3.04. The molecule has 0 spiro atoms. The summed E-state index contributed by atoms with van der Waals surface area (Å²) in [5.41, 5.74) is 0.205. The third-order valence-corrected chi connectivity index (χ3v) is 3.99. The SMILES string of the molecule is Cl.O=C(c1ccccc1F)N1C2CCNCC1CC2. The van der Waals surface area contributed by atoms with Gasteiger partial charge in [0.15, 0.2) is 0 Å². The van der Waals surface area contributed by atoms with Gasteiger partial charge in [0, 0.05) is 18.6 Å². The smallest absolute Gasteiger partial charge is 0.257 e. The number of rotatable bonds is 1. The van der Waals surface area contributed by atoms with Gasteiger partial charge in [0.25, 0.3) is 5.91 Å². The highest BCUT2D eigenvalue weighted by Crippen LogP contribution is 2.29. The molecule has 19 heavy (non-hydrogen) atoms. The van der Waals surface area contributed by atoms with Crippen molar-refractivity contribution >= 4 is 18.3 Å². The van der Waals surface area contributed by atoms with E-state index in [0.717, 1.165) is 32.4 Å². The standard InChI is InChI=1S/C14H17FN2O.ClH/c15-13-4-2-1-3-12(13)14(18)17-10-5-6-11(17)9-16-8-7-10;/h1-4,10-11,16H,5-9H2;1H. The lowest BCUT2D eigenvalue weighted by molar-refractivity contribution is 0.0675. The highest BCUT2D eigenvalue weighted by molar-refractivity contribution is 5.95. The van der Waals surface area contributed by atoms with Crippen molar-refractivity contribution in [2.24, 2.45) is 0 Å². The van der Waals surface area contributed by atoms with Crippen LogP contribution in [-0.2, 0) is 0 Å². The van der Waals surface area contributed by atoms with E-state index in [1.807, 2.05) is 4.90 Å². The topological polar surface area (TPSA) is 32.3 Å². The summed E-state index contributed by atoms with van der Waals surface area (Å²) >= 11 is 0. The molecule has 0 radical (unpaired) electrons. The summed E-state index contributed by atoms with van der Waals surface area (Å²) in [6.45, 7) is 1.78. The Morgan fingerprint density at radius 3 is 2.74 bits per heavy atom. The van der Waals surface area contributed by atoms with Gasteiger partial charge in [-0.25, -0.2) is 4.39 Å². The van der Waals surface area contributed by atoms with Crippen LogP contribution in [0.15, 0.2) is 24.3 Å². The first kappa shape index (κ1) is 14.3. The zero-order chi connectivity index (χ0) is 12.5. The fourth-order valence-corrected chi connectivity index (χ4v) is 3.09. The van der Waals surface area contributed by atoms with Crippen LogP contribution < -0.4 is 5.32 Å². The van der Waals surface area contributed by atoms with Crippen molar-refractivity contribution in [3.63, 3.8) is 0 Å². The van der Waals surface area contributed by atoms with Gasteiger partial charge in [0.05, 0.1) is 5.56 Å². The number of hydrogen-bond donors (Lipinski definition) is 1. The number of fused-ring (bicyclic) bond motifs is 2. The van der Waals surface area contributed by atoms with E-state index in [4.69, 9.17) is 0 Å². The molecule has 2 aliphatic rings. The molecule has 1 aromatic carbocycles. The average molecular weight is 285 g/mol. The molecule has 2 bridgehead atoms. The summed E-state index contributed by atoms with van der Waals surface area (Å²) < 4.78 is 13.7. The van der Waals surface area contributed by atoms with E-state index in [-0.39, 0.29) is 36.0 Å². The van der Waals surface area contributed by atoms with E-state index in [9.17, 15) is 9.18 Å². The van der Waals surface area contributed by atoms with Crippen molar-refractivity contribution < 1.29 is 9.18 Å². The molecule has 1 amide bonds. The Morgan fingerprint density at radius 2 is 1.95 bits per heavy atom. The minimum atomic E-state index is -0.417. The Labute approximate surface area is 118 Å². The molecule has 1 aromatic rings. The minimum Gasteiger partial charge on any atom is -0.331 e.